The third-order valence-corrected chi connectivity index (χ3v) is 11.8. The van der Waals surface area contributed by atoms with Crippen LogP contribution in [0.3, 0.4) is 0 Å². The number of rotatable bonds is 7. The number of fused-ring (bicyclic) bond motifs is 4. The fourth-order valence-corrected chi connectivity index (χ4v) is 8.52. The number of nitrogens with zero attached hydrogens (tertiary/aromatic N) is 2. The molecule has 8 nitrogen and oxygen atoms in total. The summed E-state index contributed by atoms with van der Waals surface area (Å²) in [6, 6.07) is 45.8. The molecule has 0 unspecified atom stereocenters. The first-order valence-corrected chi connectivity index (χ1v) is 21.8. The summed E-state index contributed by atoms with van der Waals surface area (Å²) < 4.78 is 1.11. The molecule has 64 heavy (non-hydrogen) atoms. The van der Waals surface area contributed by atoms with Crippen LogP contribution in [-0.2, 0) is 39.3 Å². The minimum atomic E-state index is 0. The summed E-state index contributed by atoms with van der Waals surface area (Å²) >= 11 is 3.67. The van der Waals surface area contributed by atoms with E-state index in [9.17, 15) is 0 Å². The zero-order chi connectivity index (χ0) is 38.2. The molecule has 0 spiro atoms. The second-order valence-electron chi connectivity index (χ2n) is 15.8. The highest BCUT2D eigenvalue weighted by Crippen LogP contribution is 2.33. The summed E-state index contributed by atoms with van der Waals surface area (Å²) in [7, 11) is 0. The van der Waals surface area contributed by atoms with Gasteiger partial charge in [0.1, 0.15) is 0 Å². The normalized spacial score (nSPS) is 15.3. The predicted octanol–water partition coefficient (Wildman–Crippen LogP) is 10.4. The summed E-state index contributed by atoms with van der Waals surface area (Å²) in [5.41, 5.74) is 12.2. The average Bonchev–Trinajstić information content (AvgIpc) is 3.22. The Labute approximate surface area is 454 Å². The fourth-order valence-electron chi connectivity index (χ4n) is 8.26. The molecular formula is C49H71Br7N6O2. The second kappa shape index (κ2) is 36.2. The first kappa shape index (κ1) is 65.2. The van der Waals surface area contributed by atoms with Gasteiger partial charge in [-0.05, 0) is 140 Å². The highest BCUT2D eigenvalue weighted by Gasteiger charge is 2.18. The van der Waals surface area contributed by atoms with Crippen molar-refractivity contribution in [3.63, 3.8) is 0 Å². The summed E-state index contributed by atoms with van der Waals surface area (Å²) in [5.74, 6) is 0.170. The van der Waals surface area contributed by atoms with Crippen molar-refractivity contribution in [2.45, 2.75) is 70.9 Å². The lowest BCUT2D eigenvalue weighted by Gasteiger charge is -2.25. The van der Waals surface area contributed by atoms with Crippen molar-refractivity contribution >= 4 is 118 Å². The Morgan fingerprint density at radius 1 is 0.406 bits per heavy atom. The Bertz CT molecular complexity index is 1760. The Balaban J connectivity index is 0. The van der Waals surface area contributed by atoms with Gasteiger partial charge < -0.3 is 32.2 Å². The topological polar surface area (TPSA) is 118 Å². The molecule has 5 aromatic carbocycles. The van der Waals surface area contributed by atoms with E-state index >= 15 is 0 Å². The number of hydrogen-bond acceptors (Lipinski definition) is 6. The van der Waals surface area contributed by atoms with Crippen molar-refractivity contribution in [1.29, 1.82) is 0 Å². The van der Waals surface area contributed by atoms with Crippen molar-refractivity contribution < 1.29 is 11.0 Å². The molecule has 358 valence electrons. The summed E-state index contributed by atoms with van der Waals surface area (Å²) in [6.45, 7) is 14.2. The molecule has 5 aromatic rings. The number of nitrogens with one attached hydrogen (secondary N) is 4. The lowest BCUT2D eigenvalue weighted by atomic mass is 9.84. The van der Waals surface area contributed by atoms with Crippen LogP contribution >= 0.6 is 118 Å². The van der Waals surface area contributed by atoms with Crippen molar-refractivity contribution in [3.8, 4) is 0 Å². The van der Waals surface area contributed by atoms with Crippen molar-refractivity contribution in [2.24, 2.45) is 0 Å². The van der Waals surface area contributed by atoms with Crippen LogP contribution in [0.2, 0.25) is 0 Å². The number of benzene rings is 5. The Morgan fingerprint density at radius 2 is 0.688 bits per heavy atom. The molecule has 4 bridgehead atoms. The van der Waals surface area contributed by atoms with Gasteiger partial charge in [0, 0.05) is 49.7 Å². The maximum atomic E-state index is 3.67. The van der Waals surface area contributed by atoms with E-state index < -0.39 is 0 Å². The maximum absolute atomic E-state index is 3.67. The minimum Gasteiger partial charge on any atom is -0.412 e. The standard InChI is InChI=1S/C49H61BrN6.6BrH.2H2O/c50-48-21-19-47(20-22-48)49(45-15-11-39(12-16-45)37-55-27-3-23-51-33-41-7-1-8-42(31-41)34-52-24-4-28-55)46-17-13-40(14-18-46)38-56-29-5-25-53-35-43-9-2-10-44(32-43)36-54-26-6-30-56;;;;;;;;/h1-2,7-22,31-32,49,51-54H,3-6,23-30,33-38H2;6*1H;2*1H2. The molecular weight excluding hydrogens is 1260 g/mol. The van der Waals surface area contributed by atoms with Crippen LogP contribution in [0, 0.1) is 0 Å². The molecule has 0 saturated heterocycles. The van der Waals surface area contributed by atoms with Gasteiger partial charge in [-0.2, -0.15) is 0 Å². The van der Waals surface area contributed by atoms with Crippen molar-refractivity contribution in [1.82, 2.24) is 31.1 Å². The molecule has 0 amide bonds. The molecule has 15 heteroatoms. The third-order valence-electron chi connectivity index (χ3n) is 11.3. The molecule has 0 fully saturated rings. The van der Waals surface area contributed by atoms with Gasteiger partial charge in [0.2, 0.25) is 0 Å². The van der Waals surface area contributed by atoms with Crippen LogP contribution in [0.25, 0.3) is 0 Å². The van der Waals surface area contributed by atoms with E-state index in [1.165, 1.54) is 50.1 Å². The van der Waals surface area contributed by atoms with Gasteiger partial charge in [-0.1, -0.05) is 125 Å². The lowest BCUT2D eigenvalue weighted by molar-refractivity contribution is 0.256. The Morgan fingerprint density at radius 3 is 0.984 bits per heavy atom. The van der Waals surface area contributed by atoms with Crippen molar-refractivity contribution in [3.05, 3.63) is 176 Å². The minimum absolute atomic E-state index is 0. The zero-order valence-electron chi connectivity index (χ0n) is 36.6. The molecule has 2 heterocycles. The third kappa shape index (κ3) is 21.6. The predicted molar refractivity (Wildman–Crippen MR) is 306 cm³/mol. The van der Waals surface area contributed by atoms with Gasteiger partial charge >= 0.3 is 0 Å². The first-order chi connectivity index (χ1) is 27.6. The molecule has 0 atom stereocenters. The first-order valence-electron chi connectivity index (χ1n) is 21.0. The van der Waals surface area contributed by atoms with E-state index in [2.05, 4.69) is 168 Å². The summed E-state index contributed by atoms with van der Waals surface area (Å²) in [4.78, 5) is 5.28. The van der Waals surface area contributed by atoms with E-state index in [4.69, 9.17) is 0 Å². The van der Waals surface area contributed by atoms with Gasteiger partial charge in [0.15, 0.2) is 0 Å². The molecule has 0 saturated carbocycles. The molecule has 2 aliphatic rings. The van der Waals surface area contributed by atoms with E-state index in [1.807, 2.05) is 0 Å². The average molecular weight is 1340 g/mol. The van der Waals surface area contributed by atoms with Gasteiger partial charge in [0.25, 0.3) is 0 Å². The van der Waals surface area contributed by atoms with Gasteiger partial charge in [-0.3, -0.25) is 9.80 Å². The fraction of sp³-hybridized carbons (Fsp3) is 0.388. The highest BCUT2D eigenvalue weighted by atomic mass is 79.9. The monoisotopic (exact) mass is 1330 g/mol. The molecule has 0 aliphatic carbocycles. The van der Waals surface area contributed by atoms with Crippen LogP contribution in [0.4, 0.5) is 0 Å². The molecule has 2 aliphatic heterocycles. The highest BCUT2D eigenvalue weighted by molar-refractivity contribution is 9.10. The van der Waals surface area contributed by atoms with E-state index in [0.717, 1.165) is 122 Å². The zero-order valence-corrected chi connectivity index (χ0v) is 48.4. The number of hydrogen-bond donors (Lipinski definition) is 4. The van der Waals surface area contributed by atoms with Gasteiger partial charge in [-0.25, -0.2) is 0 Å². The van der Waals surface area contributed by atoms with Crippen LogP contribution in [-0.4, -0.2) is 73.1 Å². The quantitative estimate of drug-likeness (QED) is 0.121. The summed E-state index contributed by atoms with van der Waals surface area (Å²) in [5, 5.41) is 14.7. The van der Waals surface area contributed by atoms with Crippen molar-refractivity contribution in [2.75, 3.05) is 52.4 Å². The molecule has 8 N–H and O–H groups in total. The van der Waals surface area contributed by atoms with Gasteiger partial charge in [-0.15, -0.1) is 102 Å². The molecule has 0 radical (unpaired) electrons. The largest absolute Gasteiger partial charge is 0.412 e. The lowest BCUT2D eigenvalue weighted by Crippen LogP contribution is -2.30. The van der Waals surface area contributed by atoms with Crippen LogP contribution in [0.1, 0.15) is 81.7 Å². The van der Waals surface area contributed by atoms with E-state index in [-0.39, 0.29) is 119 Å². The maximum Gasteiger partial charge on any atom is 0.0340 e. The Kier molecular flexibility index (Phi) is 36.9. The van der Waals surface area contributed by atoms with E-state index in [1.54, 1.807) is 0 Å². The number of halogens is 7. The van der Waals surface area contributed by atoms with Crippen LogP contribution in [0.5, 0.6) is 0 Å². The SMILES string of the molecule is Br.Br.Br.Br.Br.Br.Brc1ccc(C(c2ccc(CN3CCCNCc4cccc(c4)CNCCC3)cc2)c2ccc(CN3CCCNCc4cccc(c4)CNCCC3)cc2)cc1.O.O. The van der Waals surface area contributed by atoms with Crippen LogP contribution < -0.4 is 21.3 Å². The van der Waals surface area contributed by atoms with E-state index in [0.29, 0.717) is 0 Å². The molecule has 0 aromatic heterocycles. The molecule has 7 rings (SSSR count). The Hall–Kier alpha value is -0.860. The van der Waals surface area contributed by atoms with Crippen LogP contribution in [0.15, 0.2) is 126 Å². The second-order valence-corrected chi connectivity index (χ2v) is 16.7. The summed E-state index contributed by atoms with van der Waals surface area (Å²) in [6.07, 6.45) is 4.59. The van der Waals surface area contributed by atoms with Gasteiger partial charge in [0.05, 0.1) is 0 Å². The smallest absolute Gasteiger partial charge is 0.0340 e.